The average Bonchev–Trinajstić information content (AvgIpc) is 2.90. The number of hydrogen-bond donors (Lipinski definition) is 2. The van der Waals surface area contributed by atoms with Crippen LogP contribution in [0.2, 0.25) is 0 Å². The monoisotopic (exact) mass is 462 g/mol. The number of hydrogen-bond acceptors (Lipinski definition) is 2. The Balaban J connectivity index is 0.00000288. The van der Waals surface area contributed by atoms with Crippen LogP contribution >= 0.6 is 24.0 Å². The van der Waals surface area contributed by atoms with Crippen molar-refractivity contribution >= 4 is 29.9 Å². The van der Waals surface area contributed by atoms with Gasteiger partial charge in [-0.05, 0) is 24.7 Å². The third-order valence-corrected chi connectivity index (χ3v) is 5.06. The fourth-order valence-corrected chi connectivity index (χ4v) is 3.66. The summed E-state index contributed by atoms with van der Waals surface area (Å²) in [6, 6.07) is 0.0346. The number of alkyl halides is 3. The predicted molar refractivity (Wildman–Crippen MR) is 102 cm³/mol. The second-order valence-electron chi connectivity index (χ2n) is 6.96. The molecule has 0 aromatic rings. The first-order chi connectivity index (χ1) is 10.9. The molecule has 2 fully saturated rings. The lowest BCUT2D eigenvalue weighted by Crippen LogP contribution is -2.47. The largest absolute Gasteiger partial charge is 0.401 e. The van der Waals surface area contributed by atoms with Crippen LogP contribution in [0.3, 0.4) is 0 Å². The highest BCUT2D eigenvalue weighted by molar-refractivity contribution is 14.0. The van der Waals surface area contributed by atoms with Crippen LogP contribution in [0.25, 0.3) is 0 Å². The molecule has 0 aromatic carbocycles. The van der Waals surface area contributed by atoms with Gasteiger partial charge in [-0.25, -0.2) is 0 Å². The van der Waals surface area contributed by atoms with E-state index in [1.54, 1.807) is 7.05 Å². The average molecular weight is 462 g/mol. The maximum atomic E-state index is 12.4. The van der Waals surface area contributed by atoms with E-state index in [1.165, 1.54) is 30.6 Å². The number of likely N-dealkylation sites (tertiary alicyclic amines) is 1. The molecular weight excluding hydrogens is 432 g/mol. The molecule has 3 unspecified atom stereocenters. The summed E-state index contributed by atoms with van der Waals surface area (Å²) in [5, 5.41) is 6.62. The number of aliphatic imine (C=N–C) groups is 1. The second-order valence-corrected chi connectivity index (χ2v) is 6.96. The van der Waals surface area contributed by atoms with Gasteiger partial charge in [0.1, 0.15) is 0 Å². The van der Waals surface area contributed by atoms with Crippen molar-refractivity contribution in [2.45, 2.75) is 51.2 Å². The summed E-state index contributed by atoms with van der Waals surface area (Å²) in [4.78, 5) is 5.67. The highest BCUT2D eigenvalue weighted by Crippen LogP contribution is 2.28. The molecule has 142 valence electrons. The molecule has 1 heterocycles. The summed E-state index contributed by atoms with van der Waals surface area (Å²) in [6.07, 6.45) is 1.74. The zero-order chi connectivity index (χ0) is 16.9. The Labute approximate surface area is 160 Å². The van der Waals surface area contributed by atoms with E-state index in [4.69, 9.17) is 0 Å². The normalized spacial score (nSPS) is 29.2. The summed E-state index contributed by atoms with van der Waals surface area (Å²) in [5.74, 6) is 2.09. The van der Waals surface area contributed by atoms with E-state index < -0.39 is 12.7 Å². The van der Waals surface area contributed by atoms with E-state index in [0.717, 1.165) is 18.9 Å². The van der Waals surface area contributed by atoms with Crippen molar-refractivity contribution in [3.05, 3.63) is 0 Å². The van der Waals surface area contributed by atoms with Gasteiger partial charge in [0.05, 0.1) is 6.54 Å². The van der Waals surface area contributed by atoms with Crippen LogP contribution < -0.4 is 10.6 Å². The van der Waals surface area contributed by atoms with Gasteiger partial charge in [0.25, 0.3) is 0 Å². The van der Waals surface area contributed by atoms with Crippen molar-refractivity contribution in [2.24, 2.45) is 16.8 Å². The first-order valence-corrected chi connectivity index (χ1v) is 8.63. The van der Waals surface area contributed by atoms with Crippen LogP contribution in [0.4, 0.5) is 13.2 Å². The summed E-state index contributed by atoms with van der Waals surface area (Å²) in [5.41, 5.74) is 0. The van der Waals surface area contributed by atoms with Crippen LogP contribution in [0.1, 0.15) is 39.0 Å². The van der Waals surface area contributed by atoms with Gasteiger partial charge < -0.3 is 10.6 Å². The number of halogens is 4. The maximum absolute atomic E-state index is 12.4. The molecule has 0 spiro atoms. The Morgan fingerprint density at radius 3 is 2.54 bits per heavy atom. The van der Waals surface area contributed by atoms with Crippen LogP contribution in [0.5, 0.6) is 0 Å². The number of nitrogens with one attached hydrogen (secondary N) is 2. The lowest BCUT2D eigenvalue weighted by atomic mass is 9.80. The highest BCUT2D eigenvalue weighted by atomic mass is 127. The minimum Gasteiger partial charge on any atom is -0.356 e. The van der Waals surface area contributed by atoms with E-state index >= 15 is 0 Å². The van der Waals surface area contributed by atoms with Crippen LogP contribution in [-0.4, -0.2) is 56.3 Å². The smallest absolute Gasteiger partial charge is 0.356 e. The van der Waals surface area contributed by atoms with Gasteiger partial charge in [0.2, 0.25) is 0 Å². The van der Waals surface area contributed by atoms with Crippen molar-refractivity contribution in [2.75, 3.05) is 33.2 Å². The van der Waals surface area contributed by atoms with Crippen LogP contribution in [0, 0.1) is 11.8 Å². The Bertz CT molecular complexity index is 403. The van der Waals surface area contributed by atoms with Gasteiger partial charge in [0.15, 0.2) is 5.96 Å². The standard InChI is InChI=1S/C16H29F3N4.HI/c1-12-5-3-4-6-13(12)9-21-15(20-2)22-14-7-8-23(10-14)11-16(17,18)19;/h12-14H,3-11H2,1-2H3,(H2,20,21,22);1H. The minimum atomic E-state index is -4.12. The van der Waals surface area contributed by atoms with Gasteiger partial charge in [0, 0.05) is 32.7 Å². The lowest BCUT2D eigenvalue weighted by molar-refractivity contribution is -0.143. The molecule has 1 saturated carbocycles. The Morgan fingerprint density at radius 2 is 1.92 bits per heavy atom. The molecule has 0 aromatic heterocycles. The van der Waals surface area contributed by atoms with Crippen molar-refractivity contribution in [3.63, 3.8) is 0 Å². The first kappa shape index (κ1) is 21.8. The highest BCUT2D eigenvalue weighted by Gasteiger charge is 2.34. The van der Waals surface area contributed by atoms with Gasteiger partial charge in [-0.2, -0.15) is 13.2 Å². The van der Waals surface area contributed by atoms with E-state index in [2.05, 4.69) is 22.5 Å². The molecule has 0 radical (unpaired) electrons. The molecule has 8 heteroatoms. The number of nitrogens with zero attached hydrogens (tertiary/aromatic N) is 2. The third-order valence-electron chi connectivity index (χ3n) is 5.06. The van der Waals surface area contributed by atoms with Gasteiger partial charge >= 0.3 is 6.18 Å². The molecule has 24 heavy (non-hydrogen) atoms. The number of rotatable bonds is 4. The molecular formula is C16H30F3IN4. The van der Waals surface area contributed by atoms with E-state index in [-0.39, 0.29) is 30.0 Å². The van der Waals surface area contributed by atoms with E-state index in [9.17, 15) is 13.2 Å². The minimum absolute atomic E-state index is 0. The summed E-state index contributed by atoms with van der Waals surface area (Å²) in [7, 11) is 1.71. The van der Waals surface area contributed by atoms with Gasteiger partial charge in [-0.15, -0.1) is 24.0 Å². The SMILES string of the molecule is CN=C(NCC1CCCCC1C)NC1CCN(CC(F)(F)F)C1.I. The van der Waals surface area contributed by atoms with Gasteiger partial charge in [-0.1, -0.05) is 26.2 Å². The topological polar surface area (TPSA) is 39.7 Å². The predicted octanol–water partition coefficient (Wildman–Crippen LogP) is 3.23. The maximum Gasteiger partial charge on any atom is 0.401 e. The van der Waals surface area contributed by atoms with Crippen molar-refractivity contribution < 1.29 is 13.2 Å². The molecule has 3 atom stereocenters. The van der Waals surface area contributed by atoms with Crippen LogP contribution in [0.15, 0.2) is 4.99 Å². The van der Waals surface area contributed by atoms with Crippen molar-refractivity contribution in [1.29, 1.82) is 0 Å². The lowest BCUT2D eigenvalue weighted by Gasteiger charge is -2.29. The van der Waals surface area contributed by atoms with Crippen LogP contribution in [-0.2, 0) is 0 Å². The zero-order valence-corrected chi connectivity index (χ0v) is 16.9. The van der Waals surface area contributed by atoms with E-state index in [1.807, 2.05) is 0 Å². The fraction of sp³-hybridized carbons (Fsp3) is 0.938. The van der Waals surface area contributed by atoms with Gasteiger partial charge in [-0.3, -0.25) is 9.89 Å². The fourth-order valence-electron chi connectivity index (χ4n) is 3.66. The summed E-state index contributed by atoms with van der Waals surface area (Å²) in [6.45, 7) is 3.26. The Kier molecular flexibility index (Phi) is 9.11. The first-order valence-electron chi connectivity index (χ1n) is 8.63. The Hall–Kier alpha value is -0.250. The molecule has 1 aliphatic carbocycles. The third kappa shape index (κ3) is 7.33. The van der Waals surface area contributed by atoms with Crippen molar-refractivity contribution in [1.82, 2.24) is 15.5 Å². The molecule has 2 N–H and O–H groups in total. The summed E-state index contributed by atoms with van der Waals surface area (Å²) < 4.78 is 37.3. The van der Waals surface area contributed by atoms with Crippen molar-refractivity contribution in [3.8, 4) is 0 Å². The molecule has 1 saturated heterocycles. The second kappa shape index (κ2) is 10.0. The molecule has 0 bridgehead atoms. The molecule has 4 nitrogen and oxygen atoms in total. The molecule has 2 rings (SSSR count). The summed E-state index contributed by atoms with van der Waals surface area (Å²) >= 11 is 0. The quantitative estimate of drug-likeness (QED) is 0.383. The zero-order valence-electron chi connectivity index (χ0n) is 14.5. The molecule has 1 aliphatic heterocycles. The molecule has 0 amide bonds. The number of guanidine groups is 1. The van der Waals surface area contributed by atoms with E-state index in [0.29, 0.717) is 25.0 Å². The molecule has 2 aliphatic rings. The Morgan fingerprint density at radius 1 is 1.21 bits per heavy atom.